The van der Waals surface area contributed by atoms with E-state index in [1.54, 1.807) is 38.4 Å². The number of carbonyl (C=O) groups is 1. The monoisotopic (exact) mass is 387 g/mol. The molecule has 0 unspecified atom stereocenters. The molecule has 7 nitrogen and oxygen atoms in total. The molecule has 2 heterocycles. The average Bonchev–Trinajstić information content (AvgIpc) is 3.09. The Balaban J connectivity index is 1.78. The standard InChI is InChI=1S/C19H18ClN3O4/c1-23(2)19(25)13-5-8-17(21-9-13)26-11-15-16(10-24)27-22-18(15)12-3-6-14(20)7-4-12/h3-9,24H,10-11H2,1-2H3. The van der Waals surface area contributed by atoms with Crippen LogP contribution >= 0.6 is 11.6 Å². The van der Waals surface area contributed by atoms with Crippen molar-refractivity contribution in [1.82, 2.24) is 15.0 Å². The SMILES string of the molecule is CN(C)C(=O)c1ccc(OCc2c(-c3ccc(Cl)cc3)noc2CO)nc1. The molecule has 0 spiro atoms. The van der Waals surface area contributed by atoms with Gasteiger partial charge in [-0.15, -0.1) is 0 Å². The van der Waals surface area contributed by atoms with E-state index in [0.717, 1.165) is 5.56 Å². The van der Waals surface area contributed by atoms with Gasteiger partial charge in [-0.1, -0.05) is 28.9 Å². The van der Waals surface area contributed by atoms with Crippen LogP contribution in [0.2, 0.25) is 5.02 Å². The predicted octanol–water partition coefficient (Wildman–Crippen LogP) is 3.16. The number of aromatic nitrogens is 2. The number of pyridine rings is 1. The van der Waals surface area contributed by atoms with Crippen molar-refractivity contribution in [3.63, 3.8) is 0 Å². The zero-order valence-electron chi connectivity index (χ0n) is 14.8. The molecule has 1 N–H and O–H groups in total. The van der Waals surface area contributed by atoms with Gasteiger partial charge in [0.25, 0.3) is 5.91 Å². The maximum absolute atomic E-state index is 11.9. The maximum Gasteiger partial charge on any atom is 0.254 e. The summed E-state index contributed by atoms with van der Waals surface area (Å²) < 4.78 is 10.9. The zero-order valence-corrected chi connectivity index (χ0v) is 15.6. The second-order valence-corrected chi connectivity index (χ2v) is 6.41. The van der Waals surface area contributed by atoms with E-state index in [1.807, 2.05) is 12.1 Å². The van der Waals surface area contributed by atoms with E-state index < -0.39 is 0 Å². The van der Waals surface area contributed by atoms with Crippen LogP contribution in [0, 0.1) is 0 Å². The minimum atomic E-state index is -0.303. The molecule has 0 fully saturated rings. The molecule has 0 radical (unpaired) electrons. The van der Waals surface area contributed by atoms with Gasteiger partial charge in [0, 0.05) is 36.9 Å². The number of carbonyl (C=O) groups excluding carboxylic acids is 1. The van der Waals surface area contributed by atoms with Crippen molar-refractivity contribution in [2.75, 3.05) is 14.1 Å². The number of hydrogen-bond donors (Lipinski definition) is 1. The Bertz CT molecular complexity index is 921. The Morgan fingerprint density at radius 1 is 1.22 bits per heavy atom. The number of hydrogen-bond acceptors (Lipinski definition) is 6. The van der Waals surface area contributed by atoms with Crippen molar-refractivity contribution in [2.45, 2.75) is 13.2 Å². The summed E-state index contributed by atoms with van der Waals surface area (Å²) in [6.45, 7) is -0.200. The quantitative estimate of drug-likeness (QED) is 0.698. The largest absolute Gasteiger partial charge is 0.473 e. The first-order chi connectivity index (χ1) is 13.0. The molecule has 0 aliphatic rings. The van der Waals surface area contributed by atoms with Crippen LogP contribution < -0.4 is 4.74 Å². The van der Waals surface area contributed by atoms with Gasteiger partial charge in [-0.2, -0.15) is 0 Å². The van der Waals surface area contributed by atoms with Crippen molar-refractivity contribution < 1.29 is 19.2 Å². The predicted molar refractivity (Wildman–Crippen MR) is 99.5 cm³/mol. The summed E-state index contributed by atoms with van der Waals surface area (Å²) in [5.41, 5.74) is 2.45. The first-order valence-corrected chi connectivity index (χ1v) is 8.52. The molecule has 0 saturated heterocycles. The van der Waals surface area contributed by atoms with Gasteiger partial charge in [-0.25, -0.2) is 4.98 Å². The maximum atomic E-state index is 11.9. The van der Waals surface area contributed by atoms with Crippen LogP contribution in [0.15, 0.2) is 47.1 Å². The molecular weight excluding hydrogens is 370 g/mol. The summed E-state index contributed by atoms with van der Waals surface area (Å²) in [5, 5.41) is 14.1. The molecule has 0 atom stereocenters. The van der Waals surface area contributed by atoms with E-state index in [4.69, 9.17) is 20.9 Å². The van der Waals surface area contributed by atoms with Crippen LogP contribution in [-0.2, 0) is 13.2 Å². The number of ether oxygens (including phenoxy) is 1. The van der Waals surface area contributed by atoms with Crippen LogP contribution in [0.5, 0.6) is 5.88 Å². The lowest BCUT2D eigenvalue weighted by Crippen LogP contribution is -2.21. The zero-order chi connectivity index (χ0) is 19.4. The Morgan fingerprint density at radius 3 is 2.56 bits per heavy atom. The fourth-order valence-corrected chi connectivity index (χ4v) is 2.57. The van der Waals surface area contributed by atoms with Gasteiger partial charge in [-0.3, -0.25) is 4.79 Å². The van der Waals surface area contributed by atoms with Gasteiger partial charge >= 0.3 is 0 Å². The molecule has 3 aromatic rings. The second-order valence-electron chi connectivity index (χ2n) is 5.97. The fraction of sp³-hybridized carbons (Fsp3) is 0.211. The Kier molecular flexibility index (Phi) is 5.73. The molecule has 2 aromatic heterocycles. The van der Waals surface area contributed by atoms with Gasteiger partial charge in [0.1, 0.15) is 18.9 Å². The van der Waals surface area contributed by atoms with E-state index in [2.05, 4.69) is 10.1 Å². The summed E-state index contributed by atoms with van der Waals surface area (Å²) >= 11 is 5.92. The summed E-state index contributed by atoms with van der Waals surface area (Å²) in [4.78, 5) is 17.5. The molecule has 1 amide bonds. The van der Waals surface area contributed by atoms with Crippen molar-refractivity contribution in [3.05, 3.63) is 64.5 Å². The molecule has 0 aliphatic carbocycles. The molecule has 0 saturated carbocycles. The minimum Gasteiger partial charge on any atom is -0.473 e. The lowest BCUT2D eigenvalue weighted by atomic mass is 10.1. The molecule has 3 rings (SSSR count). The number of aliphatic hydroxyl groups excluding tert-OH is 1. The highest BCUT2D eigenvalue weighted by molar-refractivity contribution is 6.30. The Morgan fingerprint density at radius 2 is 1.96 bits per heavy atom. The van der Waals surface area contributed by atoms with Gasteiger partial charge in [-0.05, 0) is 18.2 Å². The topological polar surface area (TPSA) is 88.7 Å². The van der Waals surface area contributed by atoms with Gasteiger partial charge in [0.15, 0.2) is 5.76 Å². The van der Waals surface area contributed by atoms with Gasteiger partial charge < -0.3 is 19.3 Å². The lowest BCUT2D eigenvalue weighted by Gasteiger charge is -2.10. The van der Waals surface area contributed by atoms with E-state index in [9.17, 15) is 9.90 Å². The van der Waals surface area contributed by atoms with E-state index in [-0.39, 0.29) is 19.1 Å². The highest BCUT2D eigenvalue weighted by Gasteiger charge is 2.18. The number of rotatable bonds is 6. The Labute approximate surface area is 161 Å². The molecule has 140 valence electrons. The fourth-order valence-electron chi connectivity index (χ4n) is 2.45. The van der Waals surface area contributed by atoms with Crippen LogP contribution in [0.25, 0.3) is 11.3 Å². The summed E-state index contributed by atoms with van der Waals surface area (Å²) in [6.07, 6.45) is 1.46. The van der Waals surface area contributed by atoms with E-state index >= 15 is 0 Å². The average molecular weight is 388 g/mol. The normalized spacial score (nSPS) is 10.7. The van der Waals surface area contributed by atoms with Crippen LogP contribution in [0.3, 0.4) is 0 Å². The molecule has 0 aliphatic heterocycles. The first kappa shape index (κ1) is 18.9. The Hall–Kier alpha value is -2.90. The van der Waals surface area contributed by atoms with Crippen LogP contribution in [0.1, 0.15) is 21.7 Å². The van der Waals surface area contributed by atoms with Crippen molar-refractivity contribution in [1.29, 1.82) is 0 Å². The smallest absolute Gasteiger partial charge is 0.254 e. The summed E-state index contributed by atoms with van der Waals surface area (Å²) in [5.74, 6) is 0.525. The third-order valence-corrected chi connectivity index (χ3v) is 4.14. The molecule has 27 heavy (non-hydrogen) atoms. The van der Waals surface area contributed by atoms with Crippen LogP contribution in [-0.4, -0.2) is 40.1 Å². The number of aliphatic hydroxyl groups is 1. The van der Waals surface area contributed by atoms with Gasteiger partial charge in [0.05, 0.1) is 11.1 Å². The molecule has 0 bridgehead atoms. The molecule has 8 heteroatoms. The van der Waals surface area contributed by atoms with E-state index in [1.165, 1.54) is 11.1 Å². The second kappa shape index (κ2) is 8.20. The molecular formula is C19H18ClN3O4. The third-order valence-electron chi connectivity index (χ3n) is 3.88. The number of benzene rings is 1. The first-order valence-electron chi connectivity index (χ1n) is 8.14. The van der Waals surface area contributed by atoms with Crippen molar-refractivity contribution in [2.24, 2.45) is 0 Å². The number of halogens is 1. The highest BCUT2D eigenvalue weighted by atomic mass is 35.5. The highest BCUT2D eigenvalue weighted by Crippen LogP contribution is 2.28. The third kappa shape index (κ3) is 4.27. The van der Waals surface area contributed by atoms with Gasteiger partial charge in [0.2, 0.25) is 5.88 Å². The van der Waals surface area contributed by atoms with E-state index in [0.29, 0.717) is 33.5 Å². The molecule has 1 aromatic carbocycles. The summed E-state index contributed by atoms with van der Waals surface area (Å²) in [7, 11) is 3.35. The van der Waals surface area contributed by atoms with Crippen LogP contribution in [0.4, 0.5) is 0 Å². The number of nitrogens with zero attached hydrogens (tertiary/aromatic N) is 3. The summed E-state index contributed by atoms with van der Waals surface area (Å²) in [6, 6.07) is 10.4. The number of amides is 1. The lowest BCUT2D eigenvalue weighted by molar-refractivity contribution is 0.0827. The van der Waals surface area contributed by atoms with Crippen molar-refractivity contribution >= 4 is 17.5 Å². The van der Waals surface area contributed by atoms with Crippen molar-refractivity contribution in [3.8, 4) is 17.1 Å². The minimum absolute atomic E-state index is 0.103.